The van der Waals surface area contributed by atoms with Crippen LogP contribution in [-0.4, -0.2) is 97.2 Å². The Morgan fingerprint density at radius 3 is 1.32 bits per heavy atom. The van der Waals surface area contributed by atoms with Crippen LogP contribution in [-0.2, 0) is 58.9 Å². The van der Waals surface area contributed by atoms with E-state index in [4.69, 9.17) is 37.9 Å². The number of unbranched alkanes of at least 4 members (excludes halogenated alkanes) is 3. The zero-order valence-corrected chi connectivity index (χ0v) is 27.0. The van der Waals surface area contributed by atoms with Crippen molar-refractivity contribution in [1.82, 2.24) is 0 Å². The molecule has 0 saturated carbocycles. The van der Waals surface area contributed by atoms with Gasteiger partial charge in [0.15, 0.2) is 0 Å². The summed E-state index contributed by atoms with van der Waals surface area (Å²) in [4.78, 5) is 35.3. The average molecular weight is 627 g/mol. The van der Waals surface area contributed by atoms with Gasteiger partial charge >= 0.3 is 17.9 Å². The smallest absolute Gasteiger partial charge is 0.308 e. The molecule has 0 bridgehead atoms. The van der Waals surface area contributed by atoms with Gasteiger partial charge in [0, 0.05) is 13.2 Å². The minimum absolute atomic E-state index is 0.118. The van der Waals surface area contributed by atoms with E-state index in [2.05, 4.69) is 12.1 Å². The molecule has 0 amide bonds. The fourth-order valence-corrected chi connectivity index (χ4v) is 4.10. The molecule has 0 saturated heterocycles. The highest BCUT2D eigenvalue weighted by Crippen LogP contribution is 2.22. The number of carbonyl (C=O) groups is 3. The Labute approximate surface area is 263 Å². The fraction of sp³-hybridized carbons (Fsp3) is 0.727. The Hall–Kier alpha value is -2.57. The maximum Gasteiger partial charge on any atom is 0.308 e. The van der Waals surface area contributed by atoms with Crippen molar-refractivity contribution in [1.29, 1.82) is 0 Å². The van der Waals surface area contributed by atoms with E-state index < -0.39 is 5.41 Å². The predicted octanol–water partition coefficient (Wildman–Crippen LogP) is 4.68. The van der Waals surface area contributed by atoms with Crippen LogP contribution < -0.4 is 0 Å². The first-order valence-corrected chi connectivity index (χ1v) is 15.8. The third-order valence-corrected chi connectivity index (χ3v) is 6.34. The highest BCUT2D eigenvalue weighted by atomic mass is 16.6. The van der Waals surface area contributed by atoms with E-state index in [0.717, 1.165) is 25.7 Å². The molecule has 252 valence electrons. The van der Waals surface area contributed by atoms with Crippen molar-refractivity contribution in [3.8, 4) is 0 Å². The van der Waals surface area contributed by atoms with Crippen LogP contribution in [0.4, 0.5) is 0 Å². The van der Waals surface area contributed by atoms with Crippen LogP contribution >= 0.6 is 0 Å². The normalized spacial score (nSPS) is 11.3. The molecule has 0 heterocycles. The van der Waals surface area contributed by atoms with Gasteiger partial charge in [-0.3, -0.25) is 14.4 Å². The van der Waals surface area contributed by atoms with Crippen LogP contribution in [0.3, 0.4) is 0 Å². The zero-order valence-electron chi connectivity index (χ0n) is 27.0. The van der Waals surface area contributed by atoms with Crippen molar-refractivity contribution in [2.24, 2.45) is 5.41 Å². The number of ether oxygens (including phenoxy) is 8. The predicted molar refractivity (Wildman–Crippen MR) is 164 cm³/mol. The van der Waals surface area contributed by atoms with Crippen molar-refractivity contribution in [2.45, 2.75) is 72.3 Å². The molecule has 1 rings (SSSR count). The lowest BCUT2D eigenvalue weighted by atomic mass is 9.92. The number of hydrogen-bond donors (Lipinski definition) is 0. The van der Waals surface area contributed by atoms with E-state index in [1.807, 2.05) is 18.2 Å². The second-order valence-electron chi connectivity index (χ2n) is 10.3. The van der Waals surface area contributed by atoms with Gasteiger partial charge in [-0.15, -0.1) is 0 Å². The van der Waals surface area contributed by atoms with Gasteiger partial charge in [-0.2, -0.15) is 0 Å². The Balaban J connectivity index is 2.60. The van der Waals surface area contributed by atoms with Crippen molar-refractivity contribution >= 4 is 17.9 Å². The minimum Gasteiger partial charge on any atom is -0.466 e. The van der Waals surface area contributed by atoms with Crippen LogP contribution in [0.15, 0.2) is 30.3 Å². The second kappa shape index (κ2) is 26.8. The molecule has 0 fully saturated rings. The number of carbonyl (C=O) groups excluding carboxylic acids is 3. The first-order chi connectivity index (χ1) is 21.4. The summed E-state index contributed by atoms with van der Waals surface area (Å²) in [7, 11) is 0. The lowest BCUT2D eigenvalue weighted by molar-refractivity contribution is -0.147. The zero-order chi connectivity index (χ0) is 32.1. The van der Waals surface area contributed by atoms with Crippen LogP contribution in [0.2, 0.25) is 0 Å². The molecule has 0 aliphatic carbocycles. The Morgan fingerprint density at radius 1 is 0.523 bits per heavy atom. The molecular formula is C33H54O11. The molecule has 0 N–H and O–H groups in total. The summed E-state index contributed by atoms with van der Waals surface area (Å²) < 4.78 is 44.4. The van der Waals surface area contributed by atoms with Crippen molar-refractivity contribution in [2.75, 3.05) is 79.3 Å². The monoisotopic (exact) mass is 626 g/mol. The van der Waals surface area contributed by atoms with E-state index in [1.54, 1.807) is 20.8 Å². The topological polar surface area (TPSA) is 125 Å². The average Bonchev–Trinajstić information content (AvgIpc) is 3.01. The lowest BCUT2D eigenvalue weighted by Crippen LogP contribution is -2.42. The Morgan fingerprint density at radius 2 is 0.909 bits per heavy atom. The summed E-state index contributed by atoms with van der Waals surface area (Å²) in [6.45, 7) is 9.37. The summed E-state index contributed by atoms with van der Waals surface area (Å²) in [6.07, 6.45) is 4.26. The standard InChI is InChI=1S/C33H54O11/c1-4-42-30(34)16-21-39-26-33(27-40-22-17-31(35)43-5-2,28-41-23-18-32(36)44-6-3)25-38-20-13-8-7-12-19-37-24-29-14-10-9-11-15-29/h9-11,14-15H,4-8,12-13,16-28H2,1-3H3. The van der Waals surface area contributed by atoms with Crippen molar-refractivity contribution in [3.63, 3.8) is 0 Å². The van der Waals surface area contributed by atoms with Gasteiger partial charge < -0.3 is 37.9 Å². The quantitative estimate of drug-likeness (QED) is 0.0699. The van der Waals surface area contributed by atoms with Crippen LogP contribution in [0.5, 0.6) is 0 Å². The number of esters is 3. The molecule has 1 aromatic rings. The maximum absolute atomic E-state index is 11.8. The minimum atomic E-state index is -0.733. The van der Waals surface area contributed by atoms with Gasteiger partial charge in [0.1, 0.15) is 0 Å². The molecule has 0 unspecified atom stereocenters. The molecule has 11 heteroatoms. The van der Waals surface area contributed by atoms with Gasteiger partial charge in [0.25, 0.3) is 0 Å². The molecule has 0 aromatic heterocycles. The Bertz CT molecular complexity index is 798. The van der Waals surface area contributed by atoms with Gasteiger partial charge in [-0.1, -0.05) is 43.2 Å². The lowest BCUT2D eigenvalue weighted by Gasteiger charge is -2.33. The van der Waals surface area contributed by atoms with Crippen LogP contribution in [0.1, 0.15) is 71.3 Å². The molecule has 0 radical (unpaired) electrons. The highest BCUT2D eigenvalue weighted by Gasteiger charge is 2.33. The second-order valence-corrected chi connectivity index (χ2v) is 10.3. The SMILES string of the molecule is CCOC(=O)CCOCC(COCCCCCCOCc1ccccc1)(COCCC(=O)OCC)COCCC(=O)OCC. The first-order valence-electron chi connectivity index (χ1n) is 15.8. The summed E-state index contributed by atoms with van der Waals surface area (Å²) >= 11 is 0. The van der Waals surface area contributed by atoms with E-state index in [-0.39, 0.29) is 83.4 Å². The van der Waals surface area contributed by atoms with Crippen LogP contribution in [0, 0.1) is 5.41 Å². The molecule has 0 atom stereocenters. The molecular weight excluding hydrogens is 572 g/mol. The third kappa shape index (κ3) is 21.2. The molecule has 11 nitrogen and oxygen atoms in total. The van der Waals surface area contributed by atoms with Gasteiger partial charge in [-0.05, 0) is 39.2 Å². The van der Waals surface area contributed by atoms with E-state index >= 15 is 0 Å². The van der Waals surface area contributed by atoms with Gasteiger partial charge in [0.05, 0.1) is 97.4 Å². The highest BCUT2D eigenvalue weighted by molar-refractivity contribution is 5.70. The van der Waals surface area contributed by atoms with E-state index in [1.165, 1.54) is 5.56 Å². The van der Waals surface area contributed by atoms with Crippen molar-refractivity contribution in [3.05, 3.63) is 35.9 Å². The van der Waals surface area contributed by atoms with Gasteiger partial charge in [-0.25, -0.2) is 0 Å². The molecule has 0 spiro atoms. The summed E-state index contributed by atoms with van der Waals surface area (Å²) in [6, 6.07) is 10.1. The van der Waals surface area contributed by atoms with E-state index in [9.17, 15) is 14.4 Å². The number of benzene rings is 1. The largest absolute Gasteiger partial charge is 0.466 e. The summed E-state index contributed by atoms with van der Waals surface area (Å²) in [5, 5.41) is 0. The number of rotatable bonds is 29. The summed E-state index contributed by atoms with van der Waals surface area (Å²) in [5.41, 5.74) is 0.437. The van der Waals surface area contributed by atoms with Crippen LogP contribution in [0.25, 0.3) is 0 Å². The van der Waals surface area contributed by atoms with Crippen molar-refractivity contribution < 1.29 is 52.3 Å². The molecule has 0 aliphatic heterocycles. The molecule has 0 aliphatic rings. The maximum atomic E-state index is 11.8. The Kier molecular flexibility index (Phi) is 24.0. The third-order valence-electron chi connectivity index (χ3n) is 6.34. The molecule has 44 heavy (non-hydrogen) atoms. The molecule has 1 aromatic carbocycles. The van der Waals surface area contributed by atoms with Gasteiger partial charge in [0.2, 0.25) is 0 Å². The number of hydrogen-bond acceptors (Lipinski definition) is 11. The fourth-order valence-electron chi connectivity index (χ4n) is 4.10. The first kappa shape index (κ1) is 39.5. The van der Waals surface area contributed by atoms with E-state index in [0.29, 0.717) is 39.6 Å². The summed E-state index contributed by atoms with van der Waals surface area (Å²) in [5.74, 6) is -1.01.